The molecule has 1 unspecified atom stereocenters. The fourth-order valence-electron chi connectivity index (χ4n) is 1.66. The van der Waals surface area contributed by atoms with Crippen molar-refractivity contribution in [3.8, 4) is 0 Å². The van der Waals surface area contributed by atoms with Crippen LogP contribution in [0.3, 0.4) is 0 Å². The van der Waals surface area contributed by atoms with Crippen LogP contribution in [-0.4, -0.2) is 21.9 Å². The van der Waals surface area contributed by atoms with Crippen molar-refractivity contribution in [3.05, 3.63) is 54.2 Å². The summed E-state index contributed by atoms with van der Waals surface area (Å²) in [5, 5.41) is 20.6. The molecule has 88 valence electrons. The number of nitrogens with one attached hydrogen (secondary N) is 1. The monoisotopic (exact) mass is 229 g/mol. The molecule has 0 saturated heterocycles. The minimum atomic E-state index is -0.558. The fourth-order valence-corrected chi connectivity index (χ4v) is 1.66. The van der Waals surface area contributed by atoms with E-state index in [1.165, 1.54) is 0 Å². The largest absolute Gasteiger partial charge is 0.394 e. The van der Waals surface area contributed by atoms with E-state index in [0.29, 0.717) is 5.82 Å². The van der Waals surface area contributed by atoms with E-state index in [4.69, 9.17) is 0 Å². The topological polar surface area (TPSA) is 58.0 Å². The van der Waals surface area contributed by atoms with Gasteiger partial charge in [0.25, 0.3) is 0 Å². The van der Waals surface area contributed by atoms with Gasteiger partial charge in [0.05, 0.1) is 12.1 Å². The number of anilines is 1. The lowest BCUT2D eigenvalue weighted by atomic mass is 9.93. The second kappa shape index (κ2) is 4.93. The summed E-state index contributed by atoms with van der Waals surface area (Å²) in [7, 11) is 0. The van der Waals surface area contributed by atoms with Gasteiger partial charge < -0.3 is 10.4 Å². The number of nitrogens with zero attached hydrogens (tertiary/aromatic N) is 2. The van der Waals surface area contributed by atoms with Crippen LogP contribution >= 0.6 is 0 Å². The Bertz CT molecular complexity index is 461. The van der Waals surface area contributed by atoms with Crippen molar-refractivity contribution >= 4 is 5.82 Å². The number of benzene rings is 1. The van der Waals surface area contributed by atoms with Crippen LogP contribution in [0.1, 0.15) is 12.5 Å². The normalized spacial score (nSPS) is 14.0. The first-order valence-electron chi connectivity index (χ1n) is 5.47. The molecule has 2 aromatic rings. The van der Waals surface area contributed by atoms with E-state index in [0.717, 1.165) is 5.56 Å². The molecule has 1 aromatic heterocycles. The van der Waals surface area contributed by atoms with Crippen molar-refractivity contribution in [1.29, 1.82) is 0 Å². The summed E-state index contributed by atoms with van der Waals surface area (Å²) in [5.41, 5.74) is 0.449. The van der Waals surface area contributed by atoms with Gasteiger partial charge in [-0.3, -0.25) is 0 Å². The summed E-state index contributed by atoms with van der Waals surface area (Å²) < 4.78 is 0. The maximum Gasteiger partial charge on any atom is 0.149 e. The molecule has 0 fully saturated rings. The van der Waals surface area contributed by atoms with E-state index in [1.54, 1.807) is 12.3 Å². The molecule has 0 amide bonds. The van der Waals surface area contributed by atoms with Crippen molar-refractivity contribution in [2.45, 2.75) is 12.5 Å². The Morgan fingerprint density at radius 3 is 2.53 bits per heavy atom. The van der Waals surface area contributed by atoms with Gasteiger partial charge in [-0.2, -0.15) is 5.10 Å². The van der Waals surface area contributed by atoms with E-state index >= 15 is 0 Å². The van der Waals surface area contributed by atoms with Crippen molar-refractivity contribution < 1.29 is 5.11 Å². The zero-order valence-corrected chi connectivity index (χ0v) is 9.67. The second-order valence-electron chi connectivity index (χ2n) is 4.09. The van der Waals surface area contributed by atoms with Gasteiger partial charge in [0.1, 0.15) is 5.82 Å². The summed E-state index contributed by atoms with van der Waals surface area (Å²) in [6.45, 7) is 1.91. The van der Waals surface area contributed by atoms with Crippen molar-refractivity contribution in [2.75, 3.05) is 11.9 Å². The van der Waals surface area contributed by atoms with Gasteiger partial charge in [-0.25, -0.2) is 0 Å². The second-order valence-corrected chi connectivity index (χ2v) is 4.09. The van der Waals surface area contributed by atoms with E-state index in [9.17, 15) is 5.11 Å². The predicted octanol–water partition coefficient (Wildman–Crippen LogP) is 1.80. The molecule has 0 aliphatic carbocycles. The lowest BCUT2D eigenvalue weighted by molar-refractivity contribution is 0.223. The Hall–Kier alpha value is -1.94. The Morgan fingerprint density at radius 2 is 1.94 bits per heavy atom. The fraction of sp³-hybridized carbons (Fsp3) is 0.231. The van der Waals surface area contributed by atoms with Crippen LogP contribution in [0, 0.1) is 0 Å². The first-order valence-corrected chi connectivity index (χ1v) is 5.47. The summed E-state index contributed by atoms with van der Waals surface area (Å²) >= 11 is 0. The van der Waals surface area contributed by atoms with Crippen LogP contribution in [0.15, 0.2) is 48.7 Å². The highest BCUT2D eigenvalue weighted by Gasteiger charge is 2.25. The molecule has 0 aliphatic heterocycles. The molecule has 0 radical (unpaired) electrons. The van der Waals surface area contributed by atoms with Crippen molar-refractivity contribution in [1.82, 2.24) is 10.2 Å². The minimum absolute atomic E-state index is 0.0203. The summed E-state index contributed by atoms with van der Waals surface area (Å²) in [6.07, 6.45) is 1.62. The number of aliphatic hydroxyl groups is 1. The highest BCUT2D eigenvalue weighted by molar-refractivity contribution is 5.40. The molecule has 1 atom stereocenters. The molecule has 4 nitrogen and oxygen atoms in total. The lowest BCUT2D eigenvalue weighted by Gasteiger charge is -2.29. The maximum atomic E-state index is 9.59. The lowest BCUT2D eigenvalue weighted by Crippen LogP contribution is -2.36. The SMILES string of the molecule is CC(CO)(Nc1cccnn1)c1ccccc1. The highest BCUT2D eigenvalue weighted by atomic mass is 16.3. The van der Waals surface area contributed by atoms with Gasteiger partial charge in [0, 0.05) is 6.20 Å². The number of rotatable bonds is 4. The van der Waals surface area contributed by atoms with Gasteiger partial charge in [-0.05, 0) is 24.6 Å². The van der Waals surface area contributed by atoms with Gasteiger partial charge in [-0.15, -0.1) is 5.10 Å². The molecule has 2 rings (SSSR count). The first kappa shape index (κ1) is 11.5. The highest BCUT2D eigenvalue weighted by Crippen LogP contribution is 2.24. The van der Waals surface area contributed by atoms with Crippen LogP contribution in [0.5, 0.6) is 0 Å². The van der Waals surface area contributed by atoms with E-state index < -0.39 is 5.54 Å². The molecular formula is C13H15N3O. The minimum Gasteiger partial charge on any atom is -0.394 e. The maximum absolute atomic E-state index is 9.59. The summed E-state index contributed by atoms with van der Waals surface area (Å²) in [5.74, 6) is 0.646. The molecule has 0 aliphatic rings. The van der Waals surface area contributed by atoms with Crippen LogP contribution in [0.25, 0.3) is 0 Å². The third-order valence-electron chi connectivity index (χ3n) is 2.70. The van der Waals surface area contributed by atoms with Gasteiger partial charge in [-0.1, -0.05) is 30.3 Å². The van der Waals surface area contributed by atoms with Crippen molar-refractivity contribution in [2.24, 2.45) is 0 Å². The molecule has 4 heteroatoms. The smallest absolute Gasteiger partial charge is 0.149 e. The molecular weight excluding hydrogens is 214 g/mol. The Labute approximate surface area is 100 Å². The van der Waals surface area contributed by atoms with Crippen LogP contribution in [0.2, 0.25) is 0 Å². The summed E-state index contributed by atoms with van der Waals surface area (Å²) in [4.78, 5) is 0. The van der Waals surface area contributed by atoms with Crippen LogP contribution in [0.4, 0.5) is 5.82 Å². The number of hydrogen-bond donors (Lipinski definition) is 2. The third-order valence-corrected chi connectivity index (χ3v) is 2.70. The number of hydrogen-bond acceptors (Lipinski definition) is 4. The van der Waals surface area contributed by atoms with Gasteiger partial charge in [0.2, 0.25) is 0 Å². The number of aromatic nitrogens is 2. The van der Waals surface area contributed by atoms with Gasteiger partial charge >= 0.3 is 0 Å². The zero-order chi connectivity index (χ0) is 12.1. The molecule has 2 N–H and O–H groups in total. The molecule has 1 aromatic carbocycles. The standard InChI is InChI=1S/C13H15N3O/c1-13(10-17,11-6-3-2-4-7-11)15-12-8-5-9-14-16-12/h2-9,17H,10H2,1H3,(H,15,16). The van der Waals surface area contributed by atoms with Gasteiger partial charge in [0.15, 0.2) is 0 Å². The van der Waals surface area contributed by atoms with Crippen LogP contribution in [-0.2, 0) is 5.54 Å². The average Bonchev–Trinajstić information content (AvgIpc) is 2.41. The Balaban J connectivity index is 2.27. The molecule has 17 heavy (non-hydrogen) atoms. The van der Waals surface area contributed by atoms with Crippen molar-refractivity contribution in [3.63, 3.8) is 0 Å². The molecule has 0 saturated carbocycles. The Morgan fingerprint density at radius 1 is 1.18 bits per heavy atom. The average molecular weight is 229 g/mol. The summed E-state index contributed by atoms with van der Waals surface area (Å²) in [6, 6.07) is 13.4. The third kappa shape index (κ3) is 2.60. The van der Waals surface area contributed by atoms with E-state index in [1.807, 2.05) is 43.3 Å². The quantitative estimate of drug-likeness (QED) is 0.839. The van der Waals surface area contributed by atoms with Crippen LogP contribution < -0.4 is 5.32 Å². The van der Waals surface area contributed by atoms with E-state index in [-0.39, 0.29) is 6.61 Å². The Kier molecular flexibility index (Phi) is 3.35. The number of aliphatic hydroxyl groups excluding tert-OH is 1. The zero-order valence-electron chi connectivity index (χ0n) is 9.67. The molecule has 1 heterocycles. The van der Waals surface area contributed by atoms with E-state index in [2.05, 4.69) is 15.5 Å². The first-order chi connectivity index (χ1) is 8.24. The molecule has 0 spiro atoms. The molecule has 0 bridgehead atoms. The predicted molar refractivity (Wildman–Crippen MR) is 66.5 cm³/mol.